The van der Waals surface area contributed by atoms with E-state index in [0.717, 1.165) is 12.8 Å². The Bertz CT molecular complexity index is 195. The standard InChI is InChI=1S/C11H20O3/c1-5-10(14-4)7-8(2)6-9(3)11(12)13/h8,10H,3,5-7H2,1-2,4H3,(H,12,13)/p-1. The van der Waals surface area contributed by atoms with Gasteiger partial charge in [0.15, 0.2) is 0 Å². The van der Waals surface area contributed by atoms with Gasteiger partial charge in [0.05, 0.1) is 12.1 Å². The van der Waals surface area contributed by atoms with Crippen LogP contribution in [0.5, 0.6) is 0 Å². The van der Waals surface area contributed by atoms with Crippen LogP contribution in [0.15, 0.2) is 12.2 Å². The lowest BCUT2D eigenvalue weighted by atomic mass is 9.95. The fraction of sp³-hybridized carbons (Fsp3) is 0.727. The third-order valence-electron chi connectivity index (χ3n) is 2.34. The highest BCUT2D eigenvalue weighted by atomic mass is 16.5. The lowest BCUT2D eigenvalue weighted by Gasteiger charge is -2.19. The molecule has 14 heavy (non-hydrogen) atoms. The number of carbonyl (C=O) groups excluding carboxylic acids is 1. The van der Waals surface area contributed by atoms with Gasteiger partial charge in [0.1, 0.15) is 0 Å². The monoisotopic (exact) mass is 199 g/mol. The van der Waals surface area contributed by atoms with Crippen LogP contribution in [0.2, 0.25) is 0 Å². The predicted octanol–water partition coefficient (Wildman–Crippen LogP) is 1.13. The molecule has 0 N–H and O–H groups in total. The number of hydrogen-bond acceptors (Lipinski definition) is 3. The number of aliphatic carboxylic acids is 1. The number of carboxylic acid groups (broad SMARTS) is 1. The number of ether oxygens (including phenoxy) is 1. The summed E-state index contributed by atoms with van der Waals surface area (Å²) in [6.07, 6.45) is 2.49. The van der Waals surface area contributed by atoms with E-state index in [0.29, 0.717) is 6.42 Å². The summed E-state index contributed by atoms with van der Waals surface area (Å²) in [5.74, 6) is -0.882. The van der Waals surface area contributed by atoms with Crippen molar-refractivity contribution in [2.75, 3.05) is 7.11 Å². The molecule has 0 aromatic carbocycles. The van der Waals surface area contributed by atoms with Gasteiger partial charge in [-0.15, -0.1) is 0 Å². The zero-order valence-electron chi connectivity index (χ0n) is 9.21. The van der Waals surface area contributed by atoms with Gasteiger partial charge in [-0.25, -0.2) is 0 Å². The van der Waals surface area contributed by atoms with E-state index in [2.05, 4.69) is 13.5 Å². The summed E-state index contributed by atoms with van der Waals surface area (Å²) < 4.78 is 5.22. The van der Waals surface area contributed by atoms with Crippen molar-refractivity contribution in [3.05, 3.63) is 12.2 Å². The molecule has 0 saturated heterocycles. The number of carboxylic acids is 1. The van der Waals surface area contributed by atoms with Crippen molar-refractivity contribution in [1.82, 2.24) is 0 Å². The first kappa shape index (κ1) is 13.2. The highest BCUT2D eigenvalue weighted by Crippen LogP contribution is 2.17. The van der Waals surface area contributed by atoms with Gasteiger partial charge in [-0.05, 0) is 30.8 Å². The fourth-order valence-electron chi connectivity index (χ4n) is 1.47. The Labute approximate surface area is 85.8 Å². The van der Waals surface area contributed by atoms with Gasteiger partial charge in [0.25, 0.3) is 0 Å². The van der Waals surface area contributed by atoms with Crippen LogP contribution < -0.4 is 5.11 Å². The summed E-state index contributed by atoms with van der Waals surface area (Å²) in [5, 5.41) is 10.4. The average molecular weight is 199 g/mol. The molecule has 0 aliphatic heterocycles. The number of methoxy groups -OCH3 is 1. The zero-order valence-corrected chi connectivity index (χ0v) is 9.21. The second-order valence-corrected chi connectivity index (χ2v) is 3.70. The molecule has 0 bridgehead atoms. The van der Waals surface area contributed by atoms with Crippen LogP contribution in [0.3, 0.4) is 0 Å². The summed E-state index contributed by atoms with van der Waals surface area (Å²) in [5.41, 5.74) is 0.170. The second-order valence-electron chi connectivity index (χ2n) is 3.70. The Morgan fingerprint density at radius 3 is 2.50 bits per heavy atom. The van der Waals surface area contributed by atoms with Gasteiger partial charge < -0.3 is 14.6 Å². The average Bonchev–Trinajstić information content (AvgIpc) is 2.13. The Hall–Kier alpha value is -0.830. The van der Waals surface area contributed by atoms with Crippen LogP contribution in [-0.2, 0) is 9.53 Å². The quantitative estimate of drug-likeness (QED) is 0.577. The normalized spacial score (nSPS) is 14.8. The van der Waals surface area contributed by atoms with E-state index >= 15 is 0 Å². The third kappa shape index (κ3) is 5.02. The first-order valence-corrected chi connectivity index (χ1v) is 4.93. The SMILES string of the molecule is C=C(CC(C)CC(CC)OC)C(=O)[O-]. The van der Waals surface area contributed by atoms with Crippen LogP contribution in [0, 0.1) is 5.92 Å². The molecule has 0 aromatic rings. The molecule has 0 saturated carbocycles. The minimum Gasteiger partial charge on any atom is -0.545 e. The maximum Gasteiger partial charge on any atom is 0.0669 e. The minimum atomic E-state index is -1.15. The van der Waals surface area contributed by atoms with Crippen molar-refractivity contribution >= 4 is 5.97 Å². The van der Waals surface area contributed by atoms with Crippen LogP contribution in [0.1, 0.15) is 33.1 Å². The van der Waals surface area contributed by atoms with E-state index in [1.54, 1.807) is 7.11 Å². The summed E-state index contributed by atoms with van der Waals surface area (Å²) in [6, 6.07) is 0. The van der Waals surface area contributed by atoms with Gasteiger partial charge in [0, 0.05) is 7.11 Å². The molecule has 3 heteroatoms. The Balaban J connectivity index is 3.90. The van der Waals surface area contributed by atoms with Crippen LogP contribution in [0.25, 0.3) is 0 Å². The van der Waals surface area contributed by atoms with Crippen LogP contribution in [-0.4, -0.2) is 19.2 Å². The minimum absolute atomic E-state index is 0.170. The van der Waals surface area contributed by atoms with Gasteiger partial charge in [0.2, 0.25) is 0 Å². The first-order chi connectivity index (χ1) is 6.51. The topological polar surface area (TPSA) is 49.4 Å². The smallest absolute Gasteiger partial charge is 0.0669 e. The van der Waals surface area contributed by atoms with Gasteiger partial charge in [-0.3, -0.25) is 0 Å². The molecule has 0 rings (SSSR count). The molecule has 2 unspecified atom stereocenters. The molecule has 3 nitrogen and oxygen atoms in total. The molecule has 0 aliphatic carbocycles. The lowest BCUT2D eigenvalue weighted by molar-refractivity contribution is -0.299. The summed E-state index contributed by atoms with van der Waals surface area (Å²) in [7, 11) is 1.68. The molecule has 2 atom stereocenters. The molecule has 0 aliphatic rings. The van der Waals surface area contributed by atoms with Crippen molar-refractivity contribution in [2.45, 2.75) is 39.2 Å². The molecule has 0 radical (unpaired) electrons. The van der Waals surface area contributed by atoms with Crippen molar-refractivity contribution < 1.29 is 14.6 Å². The first-order valence-electron chi connectivity index (χ1n) is 4.93. The van der Waals surface area contributed by atoms with E-state index in [1.165, 1.54) is 0 Å². The molecule has 0 spiro atoms. The molecule has 82 valence electrons. The Morgan fingerprint density at radius 1 is 1.57 bits per heavy atom. The van der Waals surface area contributed by atoms with Crippen molar-refractivity contribution in [3.63, 3.8) is 0 Å². The van der Waals surface area contributed by atoms with Gasteiger partial charge in [-0.2, -0.15) is 0 Å². The molecular weight excluding hydrogens is 180 g/mol. The summed E-state index contributed by atoms with van der Waals surface area (Å²) in [6.45, 7) is 7.50. The zero-order chi connectivity index (χ0) is 11.1. The largest absolute Gasteiger partial charge is 0.545 e. The Morgan fingerprint density at radius 2 is 2.14 bits per heavy atom. The highest BCUT2D eigenvalue weighted by Gasteiger charge is 2.11. The summed E-state index contributed by atoms with van der Waals surface area (Å²) >= 11 is 0. The maximum atomic E-state index is 10.4. The van der Waals surface area contributed by atoms with Gasteiger partial charge >= 0.3 is 0 Å². The van der Waals surface area contributed by atoms with Crippen molar-refractivity contribution in [3.8, 4) is 0 Å². The number of rotatable bonds is 7. The van der Waals surface area contributed by atoms with E-state index in [1.807, 2.05) is 6.92 Å². The number of hydrogen-bond donors (Lipinski definition) is 0. The van der Waals surface area contributed by atoms with Crippen molar-refractivity contribution in [2.24, 2.45) is 5.92 Å². The van der Waals surface area contributed by atoms with Crippen LogP contribution in [0.4, 0.5) is 0 Å². The molecular formula is C11H19O3-. The third-order valence-corrected chi connectivity index (χ3v) is 2.34. The van der Waals surface area contributed by atoms with Crippen molar-refractivity contribution in [1.29, 1.82) is 0 Å². The molecule has 0 heterocycles. The van der Waals surface area contributed by atoms with Gasteiger partial charge in [-0.1, -0.05) is 20.4 Å². The van der Waals surface area contributed by atoms with E-state index in [9.17, 15) is 9.90 Å². The van der Waals surface area contributed by atoms with E-state index in [4.69, 9.17) is 4.74 Å². The predicted molar refractivity (Wildman–Crippen MR) is 53.6 cm³/mol. The van der Waals surface area contributed by atoms with E-state index < -0.39 is 5.97 Å². The summed E-state index contributed by atoms with van der Waals surface area (Å²) in [4.78, 5) is 10.4. The molecule has 0 aromatic heterocycles. The Kier molecular flexibility index (Phi) is 6.21. The van der Waals surface area contributed by atoms with E-state index in [-0.39, 0.29) is 17.6 Å². The fourth-order valence-corrected chi connectivity index (χ4v) is 1.47. The molecule has 0 amide bonds. The highest BCUT2D eigenvalue weighted by molar-refractivity contribution is 5.83. The maximum absolute atomic E-state index is 10.4. The number of carbonyl (C=O) groups is 1. The lowest BCUT2D eigenvalue weighted by Crippen LogP contribution is -2.25. The second kappa shape index (κ2) is 6.60. The molecule has 0 fully saturated rings. The van der Waals surface area contributed by atoms with Crippen LogP contribution >= 0.6 is 0 Å².